The first-order valence-electron chi connectivity index (χ1n) is 9.69. The number of alkyl halides is 2. The number of nitrogens with zero attached hydrogens (tertiary/aromatic N) is 5. The van der Waals surface area contributed by atoms with E-state index in [-0.39, 0.29) is 11.8 Å². The van der Waals surface area contributed by atoms with Gasteiger partial charge in [0.05, 0.1) is 6.54 Å². The van der Waals surface area contributed by atoms with Gasteiger partial charge in [0.15, 0.2) is 5.82 Å². The summed E-state index contributed by atoms with van der Waals surface area (Å²) in [4.78, 5) is 14.9. The Kier molecular flexibility index (Phi) is 4.58. The van der Waals surface area contributed by atoms with Crippen LogP contribution in [-0.2, 0) is 18.3 Å². The fourth-order valence-corrected chi connectivity index (χ4v) is 4.05. The molecule has 10 heteroatoms. The van der Waals surface area contributed by atoms with Crippen molar-refractivity contribution >= 4 is 11.7 Å². The van der Waals surface area contributed by atoms with Crippen LogP contribution in [0.25, 0.3) is 11.5 Å². The number of carbonyl (C=O) groups is 1. The predicted octanol–water partition coefficient (Wildman–Crippen LogP) is 3.46. The lowest BCUT2D eigenvalue weighted by Gasteiger charge is -2.24. The molecule has 2 aliphatic rings. The number of aromatic nitrogens is 4. The van der Waals surface area contributed by atoms with E-state index in [2.05, 4.69) is 15.3 Å². The van der Waals surface area contributed by atoms with Crippen molar-refractivity contribution in [2.24, 2.45) is 7.05 Å². The van der Waals surface area contributed by atoms with Crippen LogP contribution in [0.15, 0.2) is 28.8 Å². The number of hydrogen-bond acceptors (Lipinski definition) is 6. The molecule has 0 atom stereocenters. The van der Waals surface area contributed by atoms with E-state index in [1.807, 2.05) is 13.2 Å². The van der Waals surface area contributed by atoms with Gasteiger partial charge < -0.3 is 9.15 Å². The number of anilines is 1. The zero-order chi connectivity index (χ0) is 20.8. The van der Waals surface area contributed by atoms with Crippen LogP contribution < -0.4 is 4.90 Å². The third kappa shape index (κ3) is 3.17. The van der Waals surface area contributed by atoms with Crippen molar-refractivity contribution in [3.63, 3.8) is 0 Å². The number of ether oxygens (including phenoxy) is 1. The van der Waals surface area contributed by atoms with Crippen LogP contribution in [0.1, 0.15) is 52.6 Å². The molecule has 2 aromatic heterocycles. The highest BCUT2D eigenvalue weighted by atomic mass is 19.3. The molecule has 1 aromatic carbocycles. The molecule has 0 saturated carbocycles. The van der Waals surface area contributed by atoms with Gasteiger partial charge in [-0.15, -0.1) is 10.2 Å². The molecular weight excluding hydrogens is 396 g/mol. The minimum absolute atomic E-state index is 0.0416. The molecule has 1 amide bonds. The Morgan fingerprint density at radius 2 is 2.00 bits per heavy atom. The lowest BCUT2D eigenvalue weighted by atomic mass is 9.93. The monoisotopic (exact) mass is 415 g/mol. The molecule has 8 nitrogen and oxygen atoms in total. The van der Waals surface area contributed by atoms with Crippen molar-refractivity contribution in [1.82, 2.24) is 20.0 Å². The number of halogens is 2. The van der Waals surface area contributed by atoms with Gasteiger partial charge in [-0.2, -0.15) is 13.9 Å². The molecule has 1 saturated heterocycles. The number of rotatable bonds is 4. The molecule has 0 radical (unpaired) electrons. The van der Waals surface area contributed by atoms with Crippen molar-refractivity contribution in [1.29, 1.82) is 0 Å². The molecule has 0 N–H and O–H groups in total. The second kappa shape index (κ2) is 7.28. The van der Waals surface area contributed by atoms with Gasteiger partial charge in [0.25, 0.3) is 11.8 Å². The average Bonchev–Trinajstić information content (AvgIpc) is 3.46. The second-order valence-corrected chi connectivity index (χ2v) is 7.48. The fraction of sp³-hybridized carbons (Fsp3) is 0.400. The quantitative estimate of drug-likeness (QED) is 0.649. The highest BCUT2D eigenvalue weighted by molar-refractivity contribution is 6.10. The Morgan fingerprint density at radius 3 is 2.73 bits per heavy atom. The number of benzene rings is 1. The van der Waals surface area contributed by atoms with E-state index in [4.69, 9.17) is 9.15 Å². The topological polar surface area (TPSA) is 86.3 Å². The number of amides is 1. The van der Waals surface area contributed by atoms with E-state index >= 15 is 0 Å². The van der Waals surface area contributed by atoms with Crippen LogP contribution in [-0.4, -0.2) is 39.1 Å². The summed E-state index contributed by atoms with van der Waals surface area (Å²) < 4.78 is 37.7. The first-order chi connectivity index (χ1) is 14.5. The summed E-state index contributed by atoms with van der Waals surface area (Å²) in [5, 5.41) is 11.6. The van der Waals surface area contributed by atoms with Crippen molar-refractivity contribution in [3.8, 4) is 11.5 Å². The molecule has 0 spiro atoms. The summed E-state index contributed by atoms with van der Waals surface area (Å²) in [6.07, 6.45) is 0.908. The van der Waals surface area contributed by atoms with Gasteiger partial charge in [-0.05, 0) is 36.5 Å². The minimum atomic E-state index is -2.84. The third-order valence-corrected chi connectivity index (χ3v) is 5.54. The SMILES string of the molecule is Cn1cc(C2CCOCC2)c(N2Cc3ccc(-c4nnc(C(F)F)o4)cc3C2=O)n1. The maximum Gasteiger partial charge on any atom is 0.314 e. The standard InChI is InChI=1S/C20H19F2N5O3/c1-26-10-15(11-4-6-29-7-5-11)17(25-26)27-9-13-3-2-12(8-14(13)20(27)28)18-23-24-19(30-18)16(21)22/h2-3,8,10-11,16H,4-7,9H2,1H3. The molecule has 1 fully saturated rings. The maximum atomic E-state index is 13.2. The van der Waals surface area contributed by atoms with Crippen LogP contribution in [0, 0.1) is 0 Å². The zero-order valence-corrected chi connectivity index (χ0v) is 16.2. The molecule has 0 bridgehead atoms. The third-order valence-electron chi connectivity index (χ3n) is 5.54. The van der Waals surface area contributed by atoms with Crippen LogP contribution in [0.2, 0.25) is 0 Å². The van der Waals surface area contributed by atoms with Gasteiger partial charge in [0, 0.05) is 43.1 Å². The Balaban J connectivity index is 1.46. The highest BCUT2D eigenvalue weighted by Crippen LogP contribution is 2.37. The van der Waals surface area contributed by atoms with Gasteiger partial charge in [-0.3, -0.25) is 14.4 Å². The Hall–Kier alpha value is -3.14. The first-order valence-corrected chi connectivity index (χ1v) is 9.69. The number of carbonyl (C=O) groups excluding carboxylic acids is 1. The van der Waals surface area contributed by atoms with Gasteiger partial charge in [-0.25, -0.2) is 0 Å². The van der Waals surface area contributed by atoms with Crippen LogP contribution >= 0.6 is 0 Å². The normalized spacial score (nSPS) is 17.2. The summed E-state index contributed by atoms with van der Waals surface area (Å²) in [5.41, 5.74) is 2.78. The van der Waals surface area contributed by atoms with Gasteiger partial charge in [0.1, 0.15) is 0 Å². The van der Waals surface area contributed by atoms with Crippen LogP contribution in [0.4, 0.5) is 14.6 Å². The van der Waals surface area contributed by atoms with Crippen molar-refractivity contribution in [3.05, 3.63) is 47.0 Å². The van der Waals surface area contributed by atoms with Gasteiger partial charge in [-0.1, -0.05) is 6.07 Å². The highest BCUT2D eigenvalue weighted by Gasteiger charge is 2.34. The van der Waals surface area contributed by atoms with Crippen molar-refractivity contribution < 1.29 is 22.7 Å². The van der Waals surface area contributed by atoms with E-state index in [1.54, 1.807) is 27.8 Å². The van der Waals surface area contributed by atoms with Gasteiger partial charge >= 0.3 is 6.43 Å². The number of aryl methyl sites for hydroxylation is 1. The van der Waals surface area contributed by atoms with Crippen molar-refractivity contribution in [2.45, 2.75) is 31.7 Å². The molecule has 5 rings (SSSR count). The van der Waals surface area contributed by atoms with Crippen molar-refractivity contribution in [2.75, 3.05) is 18.1 Å². The first kappa shape index (κ1) is 18.9. The lowest BCUT2D eigenvalue weighted by molar-refractivity contribution is 0.0853. The number of fused-ring (bicyclic) bond motifs is 1. The van der Waals surface area contributed by atoms with Crippen LogP contribution in [0.3, 0.4) is 0 Å². The summed E-state index contributed by atoms with van der Waals surface area (Å²) >= 11 is 0. The molecule has 30 heavy (non-hydrogen) atoms. The maximum absolute atomic E-state index is 13.2. The largest absolute Gasteiger partial charge is 0.415 e. The molecule has 0 unspecified atom stereocenters. The predicted molar refractivity (Wildman–Crippen MR) is 101 cm³/mol. The summed E-state index contributed by atoms with van der Waals surface area (Å²) in [5.74, 6) is -0.0220. The van der Waals surface area contributed by atoms with E-state index in [0.29, 0.717) is 42.6 Å². The summed E-state index contributed by atoms with van der Waals surface area (Å²) in [6.45, 7) is 1.79. The Bertz CT molecular complexity index is 1100. The minimum Gasteiger partial charge on any atom is -0.415 e. The average molecular weight is 415 g/mol. The van der Waals surface area contributed by atoms with Gasteiger partial charge in [0.2, 0.25) is 5.89 Å². The van der Waals surface area contributed by atoms with E-state index in [0.717, 1.165) is 24.0 Å². The van der Waals surface area contributed by atoms with E-state index < -0.39 is 12.3 Å². The molecule has 4 heterocycles. The molecule has 2 aliphatic heterocycles. The van der Waals surface area contributed by atoms with Crippen LogP contribution in [0.5, 0.6) is 0 Å². The summed E-state index contributed by atoms with van der Waals surface area (Å²) in [7, 11) is 1.84. The fourth-order valence-electron chi connectivity index (χ4n) is 4.05. The molecular formula is C20H19F2N5O3. The lowest BCUT2D eigenvalue weighted by Crippen LogP contribution is -2.26. The zero-order valence-electron chi connectivity index (χ0n) is 16.2. The Morgan fingerprint density at radius 1 is 1.20 bits per heavy atom. The van der Waals surface area contributed by atoms with E-state index in [9.17, 15) is 13.6 Å². The van der Waals surface area contributed by atoms with E-state index in [1.165, 1.54) is 0 Å². The molecule has 0 aliphatic carbocycles. The second-order valence-electron chi connectivity index (χ2n) is 7.48. The number of hydrogen-bond donors (Lipinski definition) is 0. The summed E-state index contributed by atoms with van der Waals surface area (Å²) in [6, 6.07) is 5.08. The molecule has 3 aromatic rings. The Labute approximate surface area is 170 Å². The smallest absolute Gasteiger partial charge is 0.314 e. The molecule has 156 valence electrons.